The number of benzene rings is 2. The Labute approximate surface area is 127 Å². The van der Waals surface area contributed by atoms with Gasteiger partial charge in [0.05, 0.1) is 6.54 Å². The maximum absolute atomic E-state index is 12.5. The van der Waals surface area contributed by atoms with Crippen molar-refractivity contribution >= 4 is 11.5 Å². The largest absolute Gasteiger partial charge is 0.364 e. The van der Waals surface area contributed by atoms with Gasteiger partial charge < -0.3 is 4.90 Å². The molecule has 2 aromatic rings. The molecule has 0 fully saturated rings. The van der Waals surface area contributed by atoms with Crippen LogP contribution in [0.3, 0.4) is 0 Å². The van der Waals surface area contributed by atoms with E-state index < -0.39 is 0 Å². The zero-order chi connectivity index (χ0) is 15.4. The fourth-order valence-corrected chi connectivity index (χ4v) is 2.53. The van der Waals surface area contributed by atoms with Crippen molar-refractivity contribution in [2.45, 2.75) is 27.7 Å². The van der Waals surface area contributed by atoms with Gasteiger partial charge in [-0.15, -0.1) is 0 Å². The fraction of sp³-hybridized carbons (Fsp3) is 0.316. The highest BCUT2D eigenvalue weighted by molar-refractivity contribution is 6.00. The molecule has 0 N–H and O–H groups in total. The van der Waals surface area contributed by atoms with Crippen LogP contribution < -0.4 is 4.90 Å². The van der Waals surface area contributed by atoms with Gasteiger partial charge in [0.2, 0.25) is 0 Å². The number of hydrogen-bond acceptors (Lipinski definition) is 2. The molecule has 0 saturated heterocycles. The van der Waals surface area contributed by atoms with E-state index in [2.05, 4.69) is 49.1 Å². The number of carbonyl (C=O) groups excluding carboxylic acids is 1. The number of likely N-dealkylation sites (N-methyl/N-ethyl adjacent to an activating group) is 1. The van der Waals surface area contributed by atoms with Crippen LogP contribution in [-0.2, 0) is 0 Å². The topological polar surface area (TPSA) is 20.3 Å². The summed E-state index contributed by atoms with van der Waals surface area (Å²) in [7, 11) is 0. The minimum absolute atomic E-state index is 0.176. The first kappa shape index (κ1) is 15.3. The normalized spacial score (nSPS) is 10.5. The Bertz CT molecular complexity index is 629. The molecule has 0 aliphatic carbocycles. The minimum Gasteiger partial charge on any atom is -0.364 e. The van der Waals surface area contributed by atoms with Crippen molar-refractivity contribution in [1.29, 1.82) is 0 Å². The van der Waals surface area contributed by atoms with E-state index in [9.17, 15) is 4.79 Å². The molecule has 0 saturated carbocycles. The van der Waals surface area contributed by atoms with E-state index >= 15 is 0 Å². The van der Waals surface area contributed by atoms with Gasteiger partial charge in [-0.25, -0.2) is 0 Å². The molecule has 0 bridgehead atoms. The average Bonchev–Trinajstić information content (AvgIpc) is 2.45. The van der Waals surface area contributed by atoms with Crippen molar-refractivity contribution in [3.8, 4) is 0 Å². The molecule has 0 aliphatic heterocycles. The third-order valence-corrected chi connectivity index (χ3v) is 3.80. The van der Waals surface area contributed by atoms with Crippen LogP contribution in [-0.4, -0.2) is 18.9 Å². The van der Waals surface area contributed by atoms with Crippen molar-refractivity contribution in [3.63, 3.8) is 0 Å². The predicted octanol–water partition coefficient (Wildman–Crippen LogP) is 4.32. The van der Waals surface area contributed by atoms with Crippen LogP contribution in [0, 0.1) is 20.8 Å². The van der Waals surface area contributed by atoms with Gasteiger partial charge in [0.15, 0.2) is 5.78 Å². The second-order valence-corrected chi connectivity index (χ2v) is 5.59. The molecule has 110 valence electrons. The molecule has 0 aromatic heterocycles. The summed E-state index contributed by atoms with van der Waals surface area (Å²) < 4.78 is 0. The number of carbonyl (C=O) groups is 1. The van der Waals surface area contributed by atoms with E-state index in [1.165, 1.54) is 11.1 Å². The summed E-state index contributed by atoms with van der Waals surface area (Å²) in [6.07, 6.45) is 0. The van der Waals surface area contributed by atoms with E-state index in [0.717, 1.165) is 23.4 Å². The first-order valence-corrected chi connectivity index (χ1v) is 7.43. The summed E-state index contributed by atoms with van der Waals surface area (Å²) in [5.74, 6) is 0.176. The lowest BCUT2D eigenvalue weighted by Gasteiger charge is -2.23. The summed E-state index contributed by atoms with van der Waals surface area (Å²) >= 11 is 0. The highest BCUT2D eigenvalue weighted by Crippen LogP contribution is 2.17. The predicted molar refractivity (Wildman–Crippen MR) is 89.3 cm³/mol. The van der Waals surface area contributed by atoms with Gasteiger partial charge in [0.1, 0.15) is 0 Å². The lowest BCUT2D eigenvalue weighted by atomic mass is 10.0. The van der Waals surface area contributed by atoms with Crippen LogP contribution in [0.2, 0.25) is 0 Å². The molecule has 2 heteroatoms. The van der Waals surface area contributed by atoms with Gasteiger partial charge in [-0.2, -0.15) is 0 Å². The van der Waals surface area contributed by atoms with Crippen molar-refractivity contribution in [2.75, 3.05) is 18.0 Å². The molecule has 21 heavy (non-hydrogen) atoms. The number of rotatable bonds is 5. The van der Waals surface area contributed by atoms with Crippen LogP contribution in [0.5, 0.6) is 0 Å². The summed E-state index contributed by atoms with van der Waals surface area (Å²) in [4.78, 5) is 14.7. The SMILES string of the molecule is CCN(CC(=O)c1ccc(C)cc1C)c1ccc(C)cc1. The average molecular weight is 281 g/mol. The quantitative estimate of drug-likeness (QED) is 0.761. The van der Waals surface area contributed by atoms with E-state index in [-0.39, 0.29) is 5.78 Å². The number of anilines is 1. The summed E-state index contributed by atoms with van der Waals surface area (Å²) in [5, 5.41) is 0. The second kappa shape index (κ2) is 6.57. The second-order valence-electron chi connectivity index (χ2n) is 5.59. The Kier molecular flexibility index (Phi) is 4.79. The van der Waals surface area contributed by atoms with Crippen molar-refractivity contribution in [1.82, 2.24) is 0 Å². The first-order chi connectivity index (χ1) is 10.0. The number of aryl methyl sites for hydroxylation is 3. The van der Waals surface area contributed by atoms with E-state index in [4.69, 9.17) is 0 Å². The van der Waals surface area contributed by atoms with Crippen molar-refractivity contribution in [2.24, 2.45) is 0 Å². The third kappa shape index (κ3) is 3.72. The van der Waals surface area contributed by atoms with Gasteiger partial charge >= 0.3 is 0 Å². The van der Waals surface area contributed by atoms with Gasteiger partial charge in [-0.3, -0.25) is 4.79 Å². The molecule has 2 nitrogen and oxygen atoms in total. The Morgan fingerprint density at radius 1 is 0.952 bits per heavy atom. The fourth-order valence-electron chi connectivity index (χ4n) is 2.53. The van der Waals surface area contributed by atoms with Gasteiger partial charge in [-0.05, 0) is 45.4 Å². The smallest absolute Gasteiger partial charge is 0.182 e. The standard InChI is InChI=1S/C19H23NO/c1-5-20(17-9-6-14(2)7-10-17)13-19(21)18-11-8-15(3)12-16(18)4/h6-12H,5,13H2,1-4H3. The highest BCUT2D eigenvalue weighted by Gasteiger charge is 2.13. The van der Waals surface area contributed by atoms with Crippen molar-refractivity contribution in [3.05, 3.63) is 64.7 Å². The lowest BCUT2D eigenvalue weighted by molar-refractivity contribution is 0.0998. The molecule has 0 heterocycles. The summed E-state index contributed by atoms with van der Waals surface area (Å²) in [6, 6.07) is 14.3. The van der Waals surface area contributed by atoms with Crippen LogP contribution in [0.25, 0.3) is 0 Å². The van der Waals surface area contributed by atoms with E-state index in [0.29, 0.717) is 6.54 Å². The van der Waals surface area contributed by atoms with Crippen LogP contribution in [0.1, 0.15) is 34.0 Å². The zero-order valence-electron chi connectivity index (χ0n) is 13.3. The molecule has 2 rings (SSSR count). The molecular weight excluding hydrogens is 258 g/mol. The van der Waals surface area contributed by atoms with Gasteiger partial charge in [-0.1, -0.05) is 41.5 Å². The Balaban J connectivity index is 2.18. The monoisotopic (exact) mass is 281 g/mol. The Morgan fingerprint density at radius 2 is 1.57 bits per heavy atom. The maximum atomic E-state index is 12.5. The highest BCUT2D eigenvalue weighted by atomic mass is 16.1. The third-order valence-electron chi connectivity index (χ3n) is 3.80. The summed E-state index contributed by atoms with van der Waals surface area (Å²) in [5.41, 5.74) is 5.40. The Hall–Kier alpha value is -2.09. The zero-order valence-corrected chi connectivity index (χ0v) is 13.3. The van der Waals surface area contributed by atoms with Gasteiger partial charge in [0.25, 0.3) is 0 Å². The maximum Gasteiger partial charge on any atom is 0.182 e. The first-order valence-electron chi connectivity index (χ1n) is 7.43. The number of ketones is 1. The van der Waals surface area contributed by atoms with Crippen molar-refractivity contribution < 1.29 is 4.79 Å². The number of hydrogen-bond donors (Lipinski definition) is 0. The molecule has 0 aliphatic rings. The molecule has 0 atom stereocenters. The number of Topliss-reactive ketones (excluding diaryl/α,β-unsaturated/α-hetero) is 1. The molecule has 0 amide bonds. The van der Waals surface area contributed by atoms with Gasteiger partial charge in [0, 0.05) is 17.8 Å². The van der Waals surface area contributed by atoms with Crippen LogP contribution in [0.15, 0.2) is 42.5 Å². The van der Waals surface area contributed by atoms with E-state index in [1.54, 1.807) is 0 Å². The van der Waals surface area contributed by atoms with E-state index in [1.807, 2.05) is 26.0 Å². The summed E-state index contributed by atoms with van der Waals surface area (Å²) in [6.45, 7) is 9.44. The van der Waals surface area contributed by atoms with Crippen LogP contribution >= 0.6 is 0 Å². The number of nitrogens with zero attached hydrogens (tertiary/aromatic N) is 1. The molecule has 0 radical (unpaired) electrons. The molecule has 2 aromatic carbocycles. The minimum atomic E-state index is 0.176. The van der Waals surface area contributed by atoms with Crippen LogP contribution in [0.4, 0.5) is 5.69 Å². The molecule has 0 spiro atoms. The molecule has 0 unspecified atom stereocenters. The molecular formula is C19H23NO. The lowest BCUT2D eigenvalue weighted by Crippen LogP contribution is -2.29. The Morgan fingerprint density at radius 3 is 2.14 bits per heavy atom.